The van der Waals surface area contributed by atoms with Crippen LogP contribution in [-0.2, 0) is 4.79 Å². The van der Waals surface area contributed by atoms with Gasteiger partial charge in [0.15, 0.2) is 0 Å². The summed E-state index contributed by atoms with van der Waals surface area (Å²) in [7, 11) is 3.11. The standard InChI is InChI=1S/C16H23N3O4/c1-11(20)19(9-8-17-16(21)18-12-4-5-12)14-7-6-13(22-2)10-15(14)23-3/h6-7,10,12H,4-5,8-9H2,1-3H3,(H2,17,18,21). The molecule has 0 bridgehead atoms. The summed E-state index contributed by atoms with van der Waals surface area (Å²) in [6, 6.07) is 5.36. The van der Waals surface area contributed by atoms with Gasteiger partial charge < -0.3 is 25.0 Å². The molecule has 23 heavy (non-hydrogen) atoms. The number of amides is 3. The number of methoxy groups -OCH3 is 2. The van der Waals surface area contributed by atoms with Crippen molar-refractivity contribution in [3.8, 4) is 11.5 Å². The highest BCUT2D eigenvalue weighted by molar-refractivity contribution is 5.93. The molecule has 0 saturated heterocycles. The Morgan fingerprint density at radius 3 is 2.57 bits per heavy atom. The lowest BCUT2D eigenvalue weighted by Gasteiger charge is -2.23. The van der Waals surface area contributed by atoms with Gasteiger partial charge in [-0.1, -0.05) is 0 Å². The van der Waals surface area contributed by atoms with E-state index in [2.05, 4.69) is 10.6 Å². The molecule has 7 nitrogen and oxygen atoms in total. The van der Waals surface area contributed by atoms with Gasteiger partial charge >= 0.3 is 6.03 Å². The lowest BCUT2D eigenvalue weighted by atomic mass is 10.2. The maximum absolute atomic E-state index is 11.9. The topological polar surface area (TPSA) is 79.9 Å². The molecule has 0 aliphatic heterocycles. The molecular formula is C16H23N3O4. The Bertz CT molecular complexity index is 572. The molecule has 7 heteroatoms. The lowest BCUT2D eigenvalue weighted by molar-refractivity contribution is -0.116. The van der Waals surface area contributed by atoms with Crippen LogP contribution in [0.2, 0.25) is 0 Å². The number of benzene rings is 1. The van der Waals surface area contributed by atoms with Gasteiger partial charge in [0.1, 0.15) is 11.5 Å². The Morgan fingerprint density at radius 2 is 2.00 bits per heavy atom. The minimum atomic E-state index is -0.197. The minimum absolute atomic E-state index is 0.127. The predicted octanol–water partition coefficient (Wildman–Crippen LogP) is 1.52. The summed E-state index contributed by atoms with van der Waals surface area (Å²) in [5, 5.41) is 5.60. The fourth-order valence-electron chi connectivity index (χ4n) is 2.20. The van der Waals surface area contributed by atoms with Crippen molar-refractivity contribution < 1.29 is 19.1 Å². The highest BCUT2D eigenvalue weighted by atomic mass is 16.5. The van der Waals surface area contributed by atoms with Gasteiger partial charge in [0.2, 0.25) is 5.91 Å². The molecule has 1 aromatic rings. The Morgan fingerprint density at radius 1 is 1.26 bits per heavy atom. The third-order valence-electron chi connectivity index (χ3n) is 3.59. The summed E-state index contributed by atoms with van der Waals surface area (Å²) >= 11 is 0. The first-order valence-electron chi connectivity index (χ1n) is 7.59. The molecule has 3 amide bonds. The van der Waals surface area contributed by atoms with Crippen LogP contribution in [0.4, 0.5) is 10.5 Å². The highest BCUT2D eigenvalue weighted by Crippen LogP contribution is 2.32. The van der Waals surface area contributed by atoms with Gasteiger partial charge in [-0.3, -0.25) is 4.79 Å². The first-order chi connectivity index (χ1) is 11.0. The molecule has 2 N–H and O–H groups in total. The Hall–Kier alpha value is -2.44. The largest absolute Gasteiger partial charge is 0.497 e. The average Bonchev–Trinajstić information content (AvgIpc) is 3.34. The van der Waals surface area contributed by atoms with Gasteiger partial charge in [0.25, 0.3) is 0 Å². The van der Waals surface area contributed by atoms with Crippen molar-refractivity contribution in [2.45, 2.75) is 25.8 Å². The second kappa shape index (κ2) is 7.71. The third kappa shape index (κ3) is 4.77. The SMILES string of the molecule is COc1ccc(N(CCNC(=O)NC2CC2)C(C)=O)c(OC)c1. The van der Waals surface area contributed by atoms with E-state index in [1.807, 2.05) is 0 Å². The van der Waals surface area contributed by atoms with Crippen molar-refractivity contribution >= 4 is 17.6 Å². The van der Waals surface area contributed by atoms with Crippen LogP contribution in [0.15, 0.2) is 18.2 Å². The van der Waals surface area contributed by atoms with E-state index in [0.717, 1.165) is 12.8 Å². The van der Waals surface area contributed by atoms with E-state index in [0.29, 0.717) is 36.3 Å². The van der Waals surface area contributed by atoms with Gasteiger partial charge in [-0.2, -0.15) is 0 Å². The van der Waals surface area contributed by atoms with Crippen LogP contribution < -0.4 is 25.0 Å². The molecule has 126 valence electrons. The summed E-state index contributed by atoms with van der Waals surface area (Å²) < 4.78 is 10.5. The molecular weight excluding hydrogens is 298 g/mol. The van der Waals surface area contributed by atoms with Crippen LogP contribution in [0, 0.1) is 0 Å². The Labute approximate surface area is 135 Å². The maximum Gasteiger partial charge on any atom is 0.315 e. The molecule has 1 aromatic carbocycles. The predicted molar refractivity (Wildman–Crippen MR) is 87.1 cm³/mol. The first kappa shape index (κ1) is 16.9. The van der Waals surface area contributed by atoms with Gasteiger partial charge in [-0.25, -0.2) is 4.79 Å². The Kier molecular flexibility index (Phi) is 5.67. The molecule has 0 radical (unpaired) electrons. The van der Waals surface area contributed by atoms with Crippen LogP contribution >= 0.6 is 0 Å². The molecule has 0 atom stereocenters. The molecule has 1 aliphatic carbocycles. The number of carbonyl (C=O) groups is 2. The zero-order valence-corrected chi connectivity index (χ0v) is 13.7. The molecule has 0 unspecified atom stereocenters. The number of carbonyl (C=O) groups excluding carboxylic acids is 2. The fraction of sp³-hybridized carbons (Fsp3) is 0.500. The van der Waals surface area contributed by atoms with E-state index < -0.39 is 0 Å². The smallest absolute Gasteiger partial charge is 0.315 e. The van der Waals surface area contributed by atoms with Gasteiger partial charge in [-0.05, 0) is 25.0 Å². The third-order valence-corrected chi connectivity index (χ3v) is 3.59. The summed E-state index contributed by atoms with van der Waals surface area (Å²) in [4.78, 5) is 25.1. The number of ether oxygens (including phenoxy) is 2. The second-order valence-corrected chi connectivity index (χ2v) is 5.38. The van der Waals surface area contributed by atoms with Crippen molar-refractivity contribution in [3.63, 3.8) is 0 Å². The number of nitrogens with one attached hydrogen (secondary N) is 2. The summed E-state index contributed by atoms with van der Waals surface area (Å²) in [5.74, 6) is 1.07. The van der Waals surface area contributed by atoms with E-state index >= 15 is 0 Å². The van der Waals surface area contributed by atoms with Crippen molar-refractivity contribution in [1.29, 1.82) is 0 Å². The number of urea groups is 1. The molecule has 0 spiro atoms. The summed E-state index contributed by atoms with van der Waals surface area (Å²) in [6.45, 7) is 2.19. The number of anilines is 1. The monoisotopic (exact) mass is 321 g/mol. The molecule has 0 aromatic heterocycles. The van der Waals surface area contributed by atoms with Crippen molar-refractivity contribution in [3.05, 3.63) is 18.2 Å². The molecule has 1 aliphatic rings. The van der Waals surface area contributed by atoms with E-state index in [9.17, 15) is 9.59 Å². The molecule has 1 saturated carbocycles. The van der Waals surface area contributed by atoms with Crippen LogP contribution in [0.3, 0.4) is 0 Å². The van der Waals surface area contributed by atoms with E-state index in [-0.39, 0.29) is 11.9 Å². The zero-order valence-electron chi connectivity index (χ0n) is 13.7. The number of nitrogens with zero attached hydrogens (tertiary/aromatic N) is 1. The lowest BCUT2D eigenvalue weighted by Crippen LogP contribution is -2.42. The number of hydrogen-bond donors (Lipinski definition) is 2. The maximum atomic E-state index is 11.9. The molecule has 0 heterocycles. The van der Waals surface area contributed by atoms with E-state index in [4.69, 9.17) is 9.47 Å². The van der Waals surface area contributed by atoms with Crippen molar-refractivity contribution in [1.82, 2.24) is 10.6 Å². The molecule has 1 fully saturated rings. The minimum Gasteiger partial charge on any atom is -0.497 e. The van der Waals surface area contributed by atoms with Crippen molar-refractivity contribution in [2.75, 3.05) is 32.2 Å². The van der Waals surface area contributed by atoms with Crippen LogP contribution in [0.5, 0.6) is 11.5 Å². The van der Waals surface area contributed by atoms with Crippen LogP contribution in [0.1, 0.15) is 19.8 Å². The second-order valence-electron chi connectivity index (χ2n) is 5.38. The average molecular weight is 321 g/mol. The van der Waals surface area contributed by atoms with Gasteiger partial charge in [0, 0.05) is 32.1 Å². The van der Waals surface area contributed by atoms with Gasteiger partial charge in [-0.15, -0.1) is 0 Å². The summed E-state index contributed by atoms with van der Waals surface area (Å²) in [5.41, 5.74) is 0.644. The number of hydrogen-bond acceptors (Lipinski definition) is 4. The summed E-state index contributed by atoms with van der Waals surface area (Å²) in [6.07, 6.45) is 2.08. The number of rotatable bonds is 7. The first-order valence-corrected chi connectivity index (χ1v) is 7.59. The van der Waals surface area contributed by atoms with E-state index in [1.54, 1.807) is 30.2 Å². The Balaban J connectivity index is 1.99. The van der Waals surface area contributed by atoms with Gasteiger partial charge in [0.05, 0.1) is 19.9 Å². The fourth-order valence-corrected chi connectivity index (χ4v) is 2.20. The quantitative estimate of drug-likeness (QED) is 0.798. The highest BCUT2D eigenvalue weighted by Gasteiger charge is 2.23. The van der Waals surface area contributed by atoms with Crippen LogP contribution in [-0.4, -0.2) is 45.3 Å². The molecule has 2 rings (SSSR count). The normalized spacial score (nSPS) is 13.2. The van der Waals surface area contributed by atoms with Crippen LogP contribution in [0.25, 0.3) is 0 Å². The van der Waals surface area contributed by atoms with E-state index in [1.165, 1.54) is 14.0 Å². The zero-order chi connectivity index (χ0) is 16.8. The van der Waals surface area contributed by atoms with Crippen molar-refractivity contribution in [2.24, 2.45) is 0 Å².